The Morgan fingerprint density at radius 1 is 1.07 bits per heavy atom. The van der Waals surface area contributed by atoms with E-state index in [-0.39, 0.29) is 23.7 Å². The number of hydrogen-bond donors (Lipinski definition) is 3. The van der Waals surface area contributed by atoms with Crippen molar-refractivity contribution in [1.82, 2.24) is 15.6 Å². The van der Waals surface area contributed by atoms with Crippen molar-refractivity contribution in [2.45, 2.75) is 25.7 Å². The first-order valence-corrected chi connectivity index (χ1v) is 10.3. The van der Waals surface area contributed by atoms with Crippen molar-refractivity contribution in [1.29, 1.82) is 0 Å². The minimum atomic E-state index is -0.0464. The fraction of sp³-hybridized carbons (Fsp3) is 0.333. The highest BCUT2D eigenvalue weighted by atomic mass is 16.2. The first-order valence-electron chi connectivity index (χ1n) is 10.3. The summed E-state index contributed by atoms with van der Waals surface area (Å²) in [5, 5.41) is 7.10. The molecule has 29 heavy (non-hydrogen) atoms. The first kappa shape index (κ1) is 19.2. The molecule has 5 heteroatoms. The van der Waals surface area contributed by atoms with Crippen molar-refractivity contribution in [2.75, 3.05) is 13.1 Å². The number of amides is 2. The van der Waals surface area contributed by atoms with Crippen molar-refractivity contribution in [3.8, 4) is 0 Å². The van der Waals surface area contributed by atoms with Crippen LogP contribution in [0.1, 0.15) is 36.8 Å². The van der Waals surface area contributed by atoms with Crippen molar-refractivity contribution in [3.63, 3.8) is 0 Å². The number of hydrogen-bond acceptors (Lipinski definition) is 2. The van der Waals surface area contributed by atoms with Gasteiger partial charge in [0.1, 0.15) is 0 Å². The molecule has 0 aliphatic heterocycles. The second-order valence-corrected chi connectivity index (χ2v) is 7.92. The Morgan fingerprint density at radius 2 is 1.79 bits per heavy atom. The zero-order valence-corrected chi connectivity index (χ0v) is 16.7. The topological polar surface area (TPSA) is 74.0 Å². The second kappa shape index (κ2) is 8.52. The molecular formula is C24H27N3O2. The Bertz CT molecular complexity index is 996. The summed E-state index contributed by atoms with van der Waals surface area (Å²) in [6.07, 6.45) is 3.29. The highest BCUT2D eigenvalue weighted by molar-refractivity contribution is 5.85. The van der Waals surface area contributed by atoms with Gasteiger partial charge in [-0.05, 0) is 29.5 Å². The number of carbonyl (C=O) groups excluding carboxylic acids is 2. The van der Waals surface area contributed by atoms with Gasteiger partial charge in [0.05, 0.1) is 0 Å². The Labute approximate surface area is 170 Å². The lowest BCUT2D eigenvalue weighted by molar-refractivity contribution is -0.123. The molecule has 3 aromatic rings. The highest BCUT2D eigenvalue weighted by Crippen LogP contribution is 2.37. The zero-order chi connectivity index (χ0) is 20.2. The van der Waals surface area contributed by atoms with Crippen LogP contribution in [0.15, 0.2) is 60.8 Å². The summed E-state index contributed by atoms with van der Waals surface area (Å²) in [4.78, 5) is 27.6. The number of fused-ring (bicyclic) bond motifs is 1. The Morgan fingerprint density at radius 3 is 2.55 bits per heavy atom. The lowest BCUT2D eigenvalue weighted by Gasteiger charge is -2.18. The van der Waals surface area contributed by atoms with Gasteiger partial charge in [-0.1, -0.05) is 55.5 Å². The van der Waals surface area contributed by atoms with Gasteiger partial charge >= 0.3 is 0 Å². The minimum Gasteiger partial charge on any atom is -0.361 e. The number of rotatable bonds is 8. The van der Waals surface area contributed by atoms with Crippen LogP contribution in [-0.4, -0.2) is 29.9 Å². The fourth-order valence-electron chi connectivity index (χ4n) is 3.90. The van der Waals surface area contributed by atoms with Crippen molar-refractivity contribution < 1.29 is 9.59 Å². The van der Waals surface area contributed by atoms with Crippen LogP contribution >= 0.6 is 0 Å². The van der Waals surface area contributed by atoms with E-state index in [0.717, 1.165) is 17.5 Å². The average Bonchev–Trinajstić information content (AvgIpc) is 3.33. The monoisotopic (exact) mass is 389 g/mol. The molecule has 2 aromatic carbocycles. The lowest BCUT2D eigenvalue weighted by atomic mass is 9.91. The lowest BCUT2D eigenvalue weighted by Crippen LogP contribution is -2.33. The van der Waals surface area contributed by atoms with Crippen LogP contribution in [0.4, 0.5) is 0 Å². The van der Waals surface area contributed by atoms with Crippen molar-refractivity contribution >= 4 is 22.7 Å². The van der Waals surface area contributed by atoms with E-state index >= 15 is 0 Å². The molecule has 3 N–H and O–H groups in total. The third-order valence-electron chi connectivity index (χ3n) is 5.80. The molecule has 0 bridgehead atoms. The summed E-state index contributed by atoms with van der Waals surface area (Å²) in [7, 11) is 0. The molecule has 2 amide bonds. The van der Waals surface area contributed by atoms with E-state index in [1.165, 1.54) is 10.9 Å². The Hall–Kier alpha value is -3.08. The Kier molecular flexibility index (Phi) is 5.65. The molecule has 1 aromatic heterocycles. The van der Waals surface area contributed by atoms with Crippen LogP contribution in [0.5, 0.6) is 0 Å². The quantitative estimate of drug-likeness (QED) is 0.551. The van der Waals surface area contributed by atoms with Crippen LogP contribution in [0.2, 0.25) is 0 Å². The van der Waals surface area contributed by atoms with Gasteiger partial charge in [0, 0.05) is 48.4 Å². The fourth-order valence-corrected chi connectivity index (χ4v) is 3.90. The van der Waals surface area contributed by atoms with E-state index in [1.54, 1.807) is 0 Å². The number of nitrogens with one attached hydrogen (secondary N) is 3. The molecular weight excluding hydrogens is 362 g/mol. The number of H-pyrrole nitrogens is 1. The van der Waals surface area contributed by atoms with Crippen LogP contribution in [-0.2, 0) is 9.59 Å². The van der Waals surface area contributed by atoms with E-state index in [1.807, 2.05) is 36.5 Å². The molecule has 0 spiro atoms. The SMILES string of the molecule is CC1CC1C(=O)NCCC(=O)NCC(c1ccccc1)c1c[nH]c2ccccc12. The summed E-state index contributed by atoms with van der Waals surface area (Å²) < 4.78 is 0. The van der Waals surface area contributed by atoms with E-state index in [4.69, 9.17) is 0 Å². The van der Waals surface area contributed by atoms with E-state index in [9.17, 15) is 9.59 Å². The van der Waals surface area contributed by atoms with Gasteiger partial charge in [0.25, 0.3) is 0 Å². The summed E-state index contributed by atoms with van der Waals surface area (Å²) in [6, 6.07) is 18.4. The standard InChI is InChI=1S/C24H27N3O2/c1-16-13-19(16)24(29)25-12-11-23(28)27-14-20(17-7-3-2-4-8-17)21-15-26-22-10-6-5-9-18(21)22/h2-10,15-16,19-20,26H,11-14H2,1H3,(H,25,29)(H,27,28). The molecule has 5 nitrogen and oxygen atoms in total. The van der Waals surface area contributed by atoms with Crippen molar-refractivity contribution in [2.24, 2.45) is 11.8 Å². The molecule has 3 unspecified atom stereocenters. The van der Waals surface area contributed by atoms with Gasteiger partial charge in [-0.15, -0.1) is 0 Å². The third-order valence-corrected chi connectivity index (χ3v) is 5.80. The van der Waals surface area contributed by atoms with Crippen LogP contribution < -0.4 is 10.6 Å². The number of carbonyl (C=O) groups is 2. The van der Waals surface area contributed by atoms with Gasteiger partial charge in [0.2, 0.25) is 11.8 Å². The predicted octanol–water partition coefficient (Wildman–Crippen LogP) is 3.58. The molecule has 1 aliphatic rings. The molecule has 1 heterocycles. The molecule has 1 aliphatic carbocycles. The van der Waals surface area contributed by atoms with Gasteiger partial charge < -0.3 is 15.6 Å². The molecule has 0 radical (unpaired) electrons. The summed E-state index contributed by atoms with van der Waals surface area (Å²) >= 11 is 0. The van der Waals surface area contributed by atoms with Gasteiger partial charge in [-0.25, -0.2) is 0 Å². The number of benzene rings is 2. The molecule has 1 saturated carbocycles. The summed E-state index contributed by atoms with van der Waals surface area (Å²) in [5.74, 6) is 0.702. The smallest absolute Gasteiger partial charge is 0.223 e. The van der Waals surface area contributed by atoms with Crippen molar-refractivity contribution in [3.05, 3.63) is 71.9 Å². The van der Waals surface area contributed by atoms with Crippen LogP contribution in [0, 0.1) is 11.8 Å². The first-order chi connectivity index (χ1) is 14.1. The number of para-hydroxylation sites is 1. The number of aromatic nitrogens is 1. The average molecular weight is 389 g/mol. The maximum absolute atomic E-state index is 12.4. The van der Waals surface area contributed by atoms with E-state index in [0.29, 0.717) is 25.4 Å². The zero-order valence-electron chi connectivity index (χ0n) is 16.7. The normalized spacial score (nSPS) is 18.9. The van der Waals surface area contributed by atoms with Gasteiger partial charge in [0.15, 0.2) is 0 Å². The van der Waals surface area contributed by atoms with Crippen LogP contribution in [0.3, 0.4) is 0 Å². The molecule has 0 saturated heterocycles. The third kappa shape index (κ3) is 4.50. The largest absolute Gasteiger partial charge is 0.361 e. The van der Waals surface area contributed by atoms with Gasteiger partial charge in [-0.2, -0.15) is 0 Å². The highest BCUT2D eigenvalue weighted by Gasteiger charge is 2.38. The summed E-state index contributed by atoms with van der Waals surface area (Å²) in [6.45, 7) is 2.97. The van der Waals surface area contributed by atoms with Gasteiger partial charge in [-0.3, -0.25) is 9.59 Å². The molecule has 1 fully saturated rings. The Balaban J connectivity index is 1.40. The number of aromatic amines is 1. The van der Waals surface area contributed by atoms with E-state index in [2.05, 4.69) is 46.8 Å². The maximum atomic E-state index is 12.4. The maximum Gasteiger partial charge on any atom is 0.223 e. The molecule has 150 valence electrons. The predicted molar refractivity (Wildman–Crippen MR) is 114 cm³/mol. The van der Waals surface area contributed by atoms with E-state index < -0.39 is 0 Å². The molecule has 4 rings (SSSR count). The minimum absolute atomic E-state index is 0.0464. The summed E-state index contributed by atoms with van der Waals surface area (Å²) in [5.41, 5.74) is 3.42. The van der Waals surface area contributed by atoms with Crippen LogP contribution in [0.25, 0.3) is 10.9 Å². The second-order valence-electron chi connectivity index (χ2n) is 7.92. The molecule has 3 atom stereocenters.